The highest BCUT2D eigenvalue weighted by atomic mass is 19.4. The Balaban J connectivity index is 3.29. The second kappa shape index (κ2) is 10.4. The van der Waals surface area contributed by atoms with Crippen LogP contribution in [0, 0.1) is 6.92 Å². The van der Waals surface area contributed by atoms with Crippen molar-refractivity contribution >= 4 is 23.6 Å². The Labute approximate surface area is 214 Å². The minimum atomic E-state index is -8.77. The summed E-state index contributed by atoms with van der Waals surface area (Å²) in [5.74, 6) is -57.9. The number of rotatable bonds is 10. The third kappa shape index (κ3) is 5.83. The van der Waals surface area contributed by atoms with Gasteiger partial charge in [0.25, 0.3) is 0 Å². The Bertz CT molecular complexity index is 1150. The second-order valence-electron chi connectivity index (χ2n) is 7.81. The topological polar surface area (TPSA) is 87.7 Å². The molecule has 0 heterocycles. The van der Waals surface area contributed by atoms with Crippen molar-refractivity contribution in [1.82, 2.24) is 0 Å². The summed E-state index contributed by atoms with van der Waals surface area (Å²) in [4.78, 5) is 22.2. The van der Waals surface area contributed by atoms with Gasteiger partial charge in [0.15, 0.2) is 6.61 Å². The fourth-order valence-corrected chi connectivity index (χ4v) is 2.55. The predicted molar refractivity (Wildman–Crippen MR) is 98.5 cm³/mol. The Morgan fingerprint density at radius 1 is 0.683 bits per heavy atom. The van der Waals surface area contributed by atoms with Gasteiger partial charge in [0.2, 0.25) is 0 Å². The molecule has 23 heteroatoms. The van der Waals surface area contributed by atoms with Crippen LogP contribution in [0.25, 0.3) is 0 Å². The maximum atomic E-state index is 13.8. The van der Waals surface area contributed by atoms with Gasteiger partial charge in [-0.15, -0.1) is 0 Å². The van der Waals surface area contributed by atoms with Gasteiger partial charge in [-0.05, 0) is 24.6 Å². The molecule has 236 valence electrons. The summed E-state index contributed by atoms with van der Waals surface area (Å²) < 4.78 is 228. The van der Waals surface area contributed by atoms with Gasteiger partial charge in [-0.25, -0.2) is 9.59 Å². The van der Waals surface area contributed by atoms with Crippen LogP contribution in [0.15, 0.2) is 18.2 Å². The van der Waals surface area contributed by atoms with Crippen molar-refractivity contribution in [2.24, 2.45) is 0 Å². The fourth-order valence-electron chi connectivity index (χ4n) is 2.55. The van der Waals surface area contributed by atoms with Crippen LogP contribution in [0.5, 0.6) is 0 Å². The van der Waals surface area contributed by atoms with E-state index in [0.29, 0.717) is 0 Å². The standard InChI is InChI=1S/C18H11F17N2O4/c1-6-2-3-7(4-8(6)37-9(38)39)36-10(40)41-5-11(19,20)12(21,22)13(23,24)14(25,26)15(27,28)16(29,30)17(31,32)18(33,34)35/h2-4,37H,5H2,1H3,(H,36,40)(H,38,39). The molecule has 0 aliphatic heterocycles. The Morgan fingerprint density at radius 3 is 1.51 bits per heavy atom. The third-order valence-corrected chi connectivity index (χ3v) is 4.90. The molecule has 0 radical (unpaired) electrons. The van der Waals surface area contributed by atoms with Crippen molar-refractivity contribution in [1.29, 1.82) is 0 Å². The molecule has 1 aromatic rings. The lowest BCUT2D eigenvalue weighted by Crippen LogP contribution is -2.74. The van der Waals surface area contributed by atoms with E-state index in [-0.39, 0.29) is 11.3 Å². The molecule has 1 rings (SSSR count). The normalized spacial score (nSPS) is 14.5. The average molecular weight is 642 g/mol. The van der Waals surface area contributed by atoms with E-state index in [0.717, 1.165) is 18.2 Å². The highest BCUT2D eigenvalue weighted by Gasteiger charge is 2.95. The van der Waals surface area contributed by atoms with Crippen LogP contribution in [0.1, 0.15) is 5.56 Å². The van der Waals surface area contributed by atoms with Crippen LogP contribution >= 0.6 is 0 Å². The molecule has 3 N–H and O–H groups in total. The van der Waals surface area contributed by atoms with Gasteiger partial charge in [-0.3, -0.25) is 10.6 Å². The molecule has 0 aliphatic carbocycles. The largest absolute Gasteiger partial charge is 0.465 e. The zero-order valence-corrected chi connectivity index (χ0v) is 19.0. The van der Waals surface area contributed by atoms with Crippen LogP contribution in [-0.4, -0.2) is 71.5 Å². The summed E-state index contributed by atoms with van der Waals surface area (Å²) in [6.07, 6.45) is -11.8. The second-order valence-corrected chi connectivity index (χ2v) is 7.81. The first kappa shape index (κ1) is 35.6. The Morgan fingerprint density at radius 2 is 1.10 bits per heavy atom. The van der Waals surface area contributed by atoms with Crippen LogP contribution in [0.2, 0.25) is 0 Å². The summed E-state index contributed by atoms with van der Waals surface area (Å²) in [6, 6.07) is 2.67. The van der Waals surface area contributed by atoms with E-state index in [9.17, 15) is 84.2 Å². The number of anilines is 2. The zero-order chi connectivity index (χ0) is 32.8. The molecule has 0 fully saturated rings. The minimum absolute atomic E-state index is 0.163. The number of nitrogens with one attached hydrogen (secondary N) is 2. The first-order valence-corrected chi connectivity index (χ1v) is 9.68. The van der Waals surface area contributed by atoms with E-state index in [4.69, 9.17) is 5.11 Å². The molecule has 0 saturated heterocycles. The monoisotopic (exact) mass is 642 g/mol. The molecule has 6 nitrogen and oxygen atoms in total. The highest BCUT2D eigenvalue weighted by Crippen LogP contribution is 2.63. The van der Waals surface area contributed by atoms with Crippen LogP contribution < -0.4 is 10.6 Å². The molecule has 0 atom stereocenters. The van der Waals surface area contributed by atoms with Gasteiger partial charge < -0.3 is 9.84 Å². The van der Waals surface area contributed by atoms with E-state index in [1.165, 1.54) is 12.2 Å². The van der Waals surface area contributed by atoms with Gasteiger partial charge in [0, 0.05) is 11.4 Å². The summed E-state index contributed by atoms with van der Waals surface area (Å²) >= 11 is 0. The van der Waals surface area contributed by atoms with Crippen LogP contribution in [-0.2, 0) is 4.74 Å². The molecule has 0 spiro atoms. The molecule has 0 saturated carbocycles. The van der Waals surface area contributed by atoms with E-state index in [1.54, 1.807) is 5.32 Å². The van der Waals surface area contributed by atoms with E-state index in [2.05, 4.69) is 4.74 Å². The number of aryl methyl sites for hydroxylation is 1. The van der Waals surface area contributed by atoms with Crippen molar-refractivity contribution in [3.63, 3.8) is 0 Å². The lowest BCUT2D eigenvalue weighted by Gasteiger charge is -2.42. The third-order valence-electron chi connectivity index (χ3n) is 4.90. The smallest absolute Gasteiger partial charge is 0.460 e. The lowest BCUT2D eigenvalue weighted by molar-refractivity contribution is -0.462. The van der Waals surface area contributed by atoms with E-state index in [1.807, 2.05) is 0 Å². The van der Waals surface area contributed by atoms with Crippen LogP contribution in [0.3, 0.4) is 0 Å². The van der Waals surface area contributed by atoms with Gasteiger partial charge >= 0.3 is 59.8 Å². The summed E-state index contributed by atoms with van der Waals surface area (Å²) in [5.41, 5.74) is -0.706. The van der Waals surface area contributed by atoms with Crippen molar-refractivity contribution < 1.29 is 94.1 Å². The quantitative estimate of drug-likeness (QED) is 0.229. The molecule has 2 amide bonds. The number of carbonyl (C=O) groups is 2. The van der Waals surface area contributed by atoms with Gasteiger partial charge in [-0.1, -0.05) is 6.07 Å². The number of hydrogen-bond acceptors (Lipinski definition) is 3. The Kier molecular flexibility index (Phi) is 9.06. The maximum absolute atomic E-state index is 13.8. The van der Waals surface area contributed by atoms with Crippen LogP contribution in [0.4, 0.5) is 95.6 Å². The van der Waals surface area contributed by atoms with Gasteiger partial charge in [-0.2, -0.15) is 74.6 Å². The molecule has 0 bridgehead atoms. The minimum Gasteiger partial charge on any atom is -0.465 e. The summed E-state index contributed by atoms with van der Waals surface area (Å²) in [6.45, 7) is -2.14. The zero-order valence-electron chi connectivity index (χ0n) is 19.0. The molecule has 1 aromatic carbocycles. The fraction of sp³-hybridized carbons (Fsp3) is 0.556. The first-order chi connectivity index (χ1) is 17.9. The number of carbonyl (C=O) groups excluding carboxylic acids is 1. The van der Waals surface area contributed by atoms with Gasteiger partial charge in [0.05, 0.1) is 0 Å². The van der Waals surface area contributed by atoms with E-state index < -0.39 is 72.1 Å². The van der Waals surface area contributed by atoms with Crippen molar-refractivity contribution in [3.8, 4) is 0 Å². The summed E-state index contributed by atoms with van der Waals surface area (Å²) in [5, 5.41) is 11.8. The number of hydrogen-bond donors (Lipinski definition) is 3. The Hall–Kier alpha value is -3.43. The van der Waals surface area contributed by atoms with Crippen molar-refractivity contribution in [3.05, 3.63) is 23.8 Å². The molecular weight excluding hydrogens is 631 g/mol. The number of alkyl halides is 17. The van der Waals surface area contributed by atoms with Gasteiger partial charge in [0.1, 0.15) is 0 Å². The van der Waals surface area contributed by atoms with Crippen molar-refractivity contribution in [2.45, 2.75) is 54.6 Å². The molecule has 0 unspecified atom stereocenters. The van der Waals surface area contributed by atoms with Crippen molar-refractivity contribution in [2.75, 3.05) is 17.2 Å². The number of carboxylic acid groups (broad SMARTS) is 1. The number of benzene rings is 1. The molecule has 0 aromatic heterocycles. The SMILES string of the molecule is Cc1ccc(NC(=O)OCC(F)(F)C(F)(F)C(F)(F)C(F)(F)C(F)(F)C(F)(F)C(F)(F)C(F)(F)F)cc1NC(=O)O. The number of amides is 2. The summed E-state index contributed by atoms with van der Waals surface area (Å²) in [7, 11) is 0. The average Bonchev–Trinajstić information content (AvgIpc) is 2.78. The number of halogens is 17. The number of ether oxygens (including phenoxy) is 1. The molecular formula is C18H11F17N2O4. The highest BCUT2D eigenvalue weighted by molar-refractivity contribution is 5.89. The predicted octanol–water partition coefficient (Wildman–Crippen LogP) is 7.64. The first-order valence-electron chi connectivity index (χ1n) is 9.68. The van der Waals surface area contributed by atoms with E-state index >= 15 is 0 Å². The maximum Gasteiger partial charge on any atom is 0.460 e. The lowest BCUT2D eigenvalue weighted by atomic mass is 9.89. The molecule has 41 heavy (non-hydrogen) atoms. The molecule has 0 aliphatic rings.